The number of amides is 1. The van der Waals surface area contributed by atoms with Crippen LogP contribution < -0.4 is 10.0 Å². The van der Waals surface area contributed by atoms with Crippen LogP contribution in [0.25, 0.3) is 0 Å². The molecule has 0 aliphatic carbocycles. The molecular formula is C18H21ClN2O3S. The Morgan fingerprint density at radius 3 is 2.48 bits per heavy atom. The summed E-state index contributed by atoms with van der Waals surface area (Å²) >= 11 is 6.01. The van der Waals surface area contributed by atoms with Crippen molar-refractivity contribution in [3.8, 4) is 0 Å². The van der Waals surface area contributed by atoms with Crippen LogP contribution in [0.4, 0.5) is 5.69 Å². The molecule has 0 atom stereocenters. The molecule has 0 radical (unpaired) electrons. The number of carbonyl (C=O) groups excluding carboxylic acids is 1. The number of rotatable bonds is 6. The molecule has 2 N–H and O–H groups in total. The first kappa shape index (κ1) is 19.4. The number of aryl methyl sites for hydroxylation is 2. The molecule has 1 amide bonds. The van der Waals surface area contributed by atoms with E-state index in [2.05, 4.69) is 10.0 Å². The van der Waals surface area contributed by atoms with Crippen molar-refractivity contribution in [3.05, 3.63) is 58.1 Å². The van der Waals surface area contributed by atoms with Gasteiger partial charge in [0.25, 0.3) is 0 Å². The van der Waals surface area contributed by atoms with Gasteiger partial charge in [-0.25, -0.2) is 13.1 Å². The quantitative estimate of drug-likeness (QED) is 0.804. The second kappa shape index (κ2) is 7.99. The van der Waals surface area contributed by atoms with Crippen molar-refractivity contribution in [2.24, 2.45) is 0 Å². The van der Waals surface area contributed by atoms with Crippen LogP contribution in [0.5, 0.6) is 0 Å². The van der Waals surface area contributed by atoms with Crippen molar-refractivity contribution in [1.82, 2.24) is 4.72 Å². The highest BCUT2D eigenvalue weighted by molar-refractivity contribution is 7.89. The van der Waals surface area contributed by atoms with E-state index in [9.17, 15) is 13.2 Å². The average Bonchev–Trinajstić information content (AvgIpc) is 2.54. The maximum absolute atomic E-state index is 12.3. The maximum Gasteiger partial charge on any atom is 0.240 e. The lowest BCUT2D eigenvalue weighted by molar-refractivity contribution is -0.116. The van der Waals surface area contributed by atoms with Gasteiger partial charge in [-0.1, -0.05) is 23.7 Å². The molecule has 0 aromatic heterocycles. The first-order chi connectivity index (χ1) is 11.7. The SMILES string of the molecule is Cc1ccc(S(=O)(=O)NCCC(=O)Nc2cccc(Cl)c2C)cc1C. The fraction of sp³-hybridized carbons (Fsp3) is 0.278. The summed E-state index contributed by atoms with van der Waals surface area (Å²) in [6, 6.07) is 10.2. The van der Waals surface area contributed by atoms with Crippen molar-refractivity contribution in [2.75, 3.05) is 11.9 Å². The van der Waals surface area contributed by atoms with Gasteiger partial charge in [0.2, 0.25) is 15.9 Å². The van der Waals surface area contributed by atoms with Gasteiger partial charge in [0.15, 0.2) is 0 Å². The lowest BCUT2D eigenvalue weighted by atomic mass is 10.1. The highest BCUT2D eigenvalue weighted by Crippen LogP contribution is 2.23. The molecule has 0 fully saturated rings. The fourth-order valence-electron chi connectivity index (χ4n) is 2.22. The van der Waals surface area contributed by atoms with Crippen molar-refractivity contribution in [3.63, 3.8) is 0 Å². The van der Waals surface area contributed by atoms with E-state index in [4.69, 9.17) is 11.6 Å². The van der Waals surface area contributed by atoms with Gasteiger partial charge >= 0.3 is 0 Å². The van der Waals surface area contributed by atoms with Crippen molar-refractivity contribution < 1.29 is 13.2 Å². The van der Waals surface area contributed by atoms with E-state index in [1.54, 1.807) is 43.3 Å². The van der Waals surface area contributed by atoms with E-state index in [1.165, 1.54) is 0 Å². The van der Waals surface area contributed by atoms with Crippen LogP contribution in [0.3, 0.4) is 0 Å². The summed E-state index contributed by atoms with van der Waals surface area (Å²) in [4.78, 5) is 12.2. The zero-order valence-corrected chi connectivity index (χ0v) is 16.0. The van der Waals surface area contributed by atoms with E-state index in [0.29, 0.717) is 10.7 Å². The standard InChI is InChI=1S/C18H21ClN2O3S/c1-12-7-8-15(11-13(12)2)25(23,24)20-10-9-18(22)21-17-6-4-5-16(19)14(17)3/h4-8,11,20H,9-10H2,1-3H3,(H,21,22). The molecule has 134 valence electrons. The van der Waals surface area contributed by atoms with Crippen LogP contribution in [0.1, 0.15) is 23.1 Å². The maximum atomic E-state index is 12.3. The Morgan fingerprint density at radius 1 is 1.08 bits per heavy atom. The van der Waals surface area contributed by atoms with E-state index >= 15 is 0 Å². The molecule has 0 spiro atoms. The number of halogens is 1. The predicted octanol–water partition coefficient (Wildman–Crippen LogP) is 3.57. The summed E-state index contributed by atoms with van der Waals surface area (Å²) in [6.07, 6.45) is 0.0238. The van der Waals surface area contributed by atoms with Crippen molar-refractivity contribution >= 4 is 33.2 Å². The van der Waals surface area contributed by atoms with Crippen LogP contribution in [-0.2, 0) is 14.8 Å². The monoisotopic (exact) mass is 380 g/mol. The van der Waals surface area contributed by atoms with Crippen LogP contribution >= 0.6 is 11.6 Å². The van der Waals surface area contributed by atoms with Gasteiger partial charge in [-0.05, 0) is 61.7 Å². The Balaban J connectivity index is 1.94. The molecule has 0 aliphatic rings. The Hall–Kier alpha value is -1.89. The summed E-state index contributed by atoms with van der Waals surface area (Å²) in [5.74, 6) is -0.284. The number of carbonyl (C=O) groups is 1. The van der Waals surface area contributed by atoms with E-state index in [-0.39, 0.29) is 23.8 Å². The summed E-state index contributed by atoms with van der Waals surface area (Å²) in [7, 11) is -3.63. The molecule has 2 rings (SSSR count). The minimum Gasteiger partial charge on any atom is -0.326 e. The highest BCUT2D eigenvalue weighted by Gasteiger charge is 2.15. The largest absolute Gasteiger partial charge is 0.326 e. The van der Waals surface area contributed by atoms with Crippen molar-refractivity contribution in [1.29, 1.82) is 0 Å². The smallest absolute Gasteiger partial charge is 0.240 e. The second-order valence-electron chi connectivity index (χ2n) is 5.85. The molecular weight excluding hydrogens is 360 g/mol. The number of sulfonamides is 1. The summed E-state index contributed by atoms with van der Waals surface area (Å²) in [5.41, 5.74) is 3.31. The number of anilines is 1. The summed E-state index contributed by atoms with van der Waals surface area (Å²) in [5, 5.41) is 3.30. The molecule has 0 unspecified atom stereocenters. The average molecular weight is 381 g/mol. The molecule has 25 heavy (non-hydrogen) atoms. The van der Waals surface area contributed by atoms with Crippen LogP contribution in [0, 0.1) is 20.8 Å². The van der Waals surface area contributed by atoms with Gasteiger partial charge in [-0.3, -0.25) is 4.79 Å². The number of hydrogen-bond donors (Lipinski definition) is 2. The molecule has 7 heteroatoms. The van der Waals surface area contributed by atoms with E-state index in [1.807, 2.05) is 13.8 Å². The number of benzene rings is 2. The van der Waals surface area contributed by atoms with Crippen molar-refractivity contribution in [2.45, 2.75) is 32.1 Å². The zero-order chi connectivity index (χ0) is 18.6. The minimum absolute atomic E-state index is 0.0146. The summed E-state index contributed by atoms with van der Waals surface area (Å²) < 4.78 is 27.0. The fourth-order valence-corrected chi connectivity index (χ4v) is 3.51. The summed E-state index contributed by atoms with van der Waals surface area (Å²) in [6.45, 7) is 5.59. The first-order valence-electron chi connectivity index (χ1n) is 7.82. The van der Waals surface area contributed by atoms with Crippen LogP contribution in [0.2, 0.25) is 5.02 Å². The Bertz CT molecular complexity index is 895. The molecule has 0 heterocycles. The normalized spacial score (nSPS) is 11.4. The molecule has 0 aliphatic heterocycles. The lowest BCUT2D eigenvalue weighted by Gasteiger charge is -2.11. The van der Waals surface area contributed by atoms with Gasteiger partial charge in [-0.15, -0.1) is 0 Å². The number of nitrogens with one attached hydrogen (secondary N) is 2. The Labute approximate surface area is 153 Å². The third-order valence-electron chi connectivity index (χ3n) is 3.97. The van der Waals surface area contributed by atoms with Gasteiger partial charge in [0, 0.05) is 23.7 Å². The molecule has 2 aromatic carbocycles. The second-order valence-corrected chi connectivity index (χ2v) is 8.03. The zero-order valence-electron chi connectivity index (χ0n) is 14.4. The third-order valence-corrected chi connectivity index (χ3v) is 5.84. The predicted molar refractivity (Wildman–Crippen MR) is 101 cm³/mol. The van der Waals surface area contributed by atoms with Crippen LogP contribution in [-0.4, -0.2) is 20.9 Å². The molecule has 0 bridgehead atoms. The van der Waals surface area contributed by atoms with E-state index < -0.39 is 10.0 Å². The van der Waals surface area contributed by atoms with Gasteiger partial charge in [0.1, 0.15) is 0 Å². The highest BCUT2D eigenvalue weighted by atomic mass is 35.5. The molecule has 0 saturated carbocycles. The number of hydrogen-bond acceptors (Lipinski definition) is 3. The lowest BCUT2D eigenvalue weighted by Crippen LogP contribution is -2.28. The Kier molecular flexibility index (Phi) is 6.21. The Morgan fingerprint density at radius 2 is 1.80 bits per heavy atom. The first-order valence-corrected chi connectivity index (χ1v) is 9.68. The van der Waals surface area contributed by atoms with Crippen LogP contribution in [0.15, 0.2) is 41.3 Å². The van der Waals surface area contributed by atoms with E-state index in [0.717, 1.165) is 16.7 Å². The minimum atomic E-state index is -3.63. The van der Waals surface area contributed by atoms with Gasteiger partial charge in [0.05, 0.1) is 4.90 Å². The topological polar surface area (TPSA) is 75.3 Å². The molecule has 5 nitrogen and oxygen atoms in total. The molecule has 2 aromatic rings. The van der Waals surface area contributed by atoms with Gasteiger partial charge in [-0.2, -0.15) is 0 Å². The van der Waals surface area contributed by atoms with Gasteiger partial charge < -0.3 is 5.32 Å². The third kappa shape index (κ3) is 5.04. The molecule has 0 saturated heterocycles.